The molecule has 2 aromatic heterocycles. The molecule has 0 spiro atoms. The average molecular weight is 337 g/mol. The van der Waals surface area contributed by atoms with Crippen LogP contribution in [0.1, 0.15) is 5.69 Å². The van der Waals surface area contributed by atoms with Gasteiger partial charge < -0.3 is 4.90 Å². The van der Waals surface area contributed by atoms with E-state index in [0.717, 1.165) is 54.9 Å². The van der Waals surface area contributed by atoms with Gasteiger partial charge in [0.2, 0.25) is 5.13 Å². The predicted molar refractivity (Wildman–Crippen MR) is 97.1 cm³/mol. The van der Waals surface area contributed by atoms with Crippen LogP contribution in [-0.2, 0) is 6.54 Å². The number of rotatable bonds is 4. The predicted octanol–water partition coefficient (Wildman–Crippen LogP) is 2.92. The molecule has 1 aliphatic heterocycles. The second-order valence-electron chi connectivity index (χ2n) is 5.85. The first kappa shape index (κ1) is 15.2. The Balaban J connectivity index is 1.37. The third-order valence-corrected chi connectivity index (χ3v) is 4.98. The monoisotopic (exact) mass is 337 g/mol. The first-order valence-corrected chi connectivity index (χ1v) is 8.92. The number of nitrogens with zero attached hydrogens (tertiary/aromatic N) is 5. The highest BCUT2D eigenvalue weighted by Gasteiger charge is 2.20. The molecule has 0 aliphatic carbocycles. The minimum atomic E-state index is 0.825. The first-order chi connectivity index (χ1) is 11.9. The zero-order valence-electron chi connectivity index (χ0n) is 13.4. The summed E-state index contributed by atoms with van der Waals surface area (Å²) in [7, 11) is 0. The van der Waals surface area contributed by atoms with Gasteiger partial charge in [0.15, 0.2) is 5.82 Å². The lowest BCUT2D eigenvalue weighted by atomic mass is 10.2. The summed E-state index contributed by atoms with van der Waals surface area (Å²) in [5.41, 5.74) is 2.21. The quantitative estimate of drug-likeness (QED) is 0.732. The molecule has 0 radical (unpaired) electrons. The molecule has 0 bridgehead atoms. The molecular weight excluding hydrogens is 318 g/mol. The smallest absolute Gasteiger partial charge is 0.205 e. The topological polar surface area (TPSA) is 45.2 Å². The molecular formula is C18H19N5S. The van der Waals surface area contributed by atoms with E-state index in [4.69, 9.17) is 4.98 Å². The average Bonchev–Trinajstić information content (AvgIpc) is 3.14. The van der Waals surface area contributed by atoms with Gasteiger partial charge >= 0.3 is 0 Å². The van der Waals surface area contributed by atoms with Crippen LogP contribution in [0, 0.1) is 0 Å². The van der Waals surface area contributed by atoms with E-state index in [-0.39, 0.29) is 0 Å². The lowest BCUT2D eigenvalue weighted by Gasteiger charge is -2.34. The van der Waals surface area contributed by atoms with Crippen molar-refractivity contribution in [1.82, 2.24) is 19.2 Å². The maximum atomic E-state index is 4.72. The van der Waals surface area contributed by atoms with Crippen LogP contribution in [0.4, 0.5) is 5.13 Å². The van der Waals surface area contributed by atoms with Crippen molar-refractivity contribution in [2.75, 3.05) is 31.1 Å². The Morgan fingerprint density at radius 2 is 1.71 bits per heavy atom. The fourth-order valence-corrected chi connectivity index (χ4v) is 3.61. The normalized spacial score (nSPS) is 15.6. The van der Waals surface area contributed by atoms with Gasteiger partial charge in [-0.25, -0.2) is 0 Å². The molecule has 0 unspecified atom stereocenters. The number of anilines is 1. The maximum Gasteiger partial charge on any atom is 0.205 e. The number of hydrogen-bond donors (Lipinski definition) is 0. The zero-order chi connectivity index (χ0) is 16.2. The molecule has 24 heavy (non-hydrogen) atoms. The van der Waals surface area contributed by atoms with Crippen molar-refractivity contribution in [1.29, 1.82) is 0 Å². The Hall–Kier alpha value is -2.31. The van der Waals surface area contributed by atoms with Crippen LogP contribution < -0.4 is 4.90 Å². The summed E-state index contributed by atoms with van der Waals surface area (Å²) in [5.74, 6) is 0.825. The maximum absolute atomic E-state index is 4.72. The summed E-state index contributed by atoms with van der Waals surface area (Å²) < 4.78 is 4.51. The van der Waals surface area contributed by atoms with Crippen molar-refractivity contribution in [3.63, 3.8) is 0 Å². The van der Waals surface area contributed by atoms with E-state index in [1.54, 1.807) is 0 Å². The highest BCUT2D eigenvalue weighted by atomic mass is 32.1. The van der Waals surface area contributed by atoms with E-state index >= 15 is 0 Å². The van der Waals surface area contributed by atoms with Gasteiger partial charge in [0.25, 0.3) is 0 Å². The van der Waals surface area contributed by atoms with E-state index in [1.165, 1.54) is 11.5 Å². The summed E-state index contributed by atoms with van der Waals surface area (Å²) in [4.78, 5) is 13.9. The van der Waals surface area contributed by atoms with Gasteiger partial charge in [-0.1, -0.05) is 36.4 Å². The van der Waals surface area contributed by atoms with Gasteiger partial charge in [0.1, 0.15) is 0 Å². The van der Waals surface area contributed by atoms with Crippen LogP contribution in [-0.4, -0.2) is 45.4 Å². The van der Waals surface area contributed by atoms with E-state index in [0.29, 0.717) is 0 Å². The van der Waals surface area contributed by atoms with Gasteiger partial charge in [0.05, 0.1) is 5.69 Å². The Labute approximate surface area is 145 Å². The highest BCUT2D eigenvalue weighted by molar-refractivity contribution is 7.09. The summed E-state index contributed by atoms with van der Waals surface area (Å²) in [5, 5.41) is 1.02. The number of benzene rings is 1. The summed E-state index contributed by atoms with van der Waals surface area (Å²) in [6.07, 6.45) is 1.86. The molecule has 3 heterocycles. The molecule has 0 amide bonds. The number of hydrogen-bond acceptors (Lipinski definition) is 6. The second kappa shape index (κ2) is 7.07. The summed E-state index contributed by atoms with van der Waals surface area (Å²) >= 11 is 1.49. The lowest BCUT2D eigenvalue weighted by Crippen LogP contribution is -2.46. The molecule has 3 aromatic rings. The third-order valence-electron chi connectivity index (χ3n) is 4.20. The van der Waals surface area contributed by atoms with Crippen molar-refractivity contribution in [2.24, 2.45) is 0 Å². The molecule has 0 atom stereocenters. The Morgan fingerprint density at radius 3 is 2.46 bits per heavy atom. The van der Waals surface area contributed by atoms with Crippen molar-refractivity contribution < 1.29 is 0 Å². The largest absolute Gasteiger partial charge is 0.344 e. The fourth-order valence-electron chi connectivity index (χ4n) is 2.87. The summed E-state index contributed by atoms with van der Waals surface area (Å²) in [6.45, 7) is 4.93. The number of piperazine rings is 1. The molecule has 1 aromatic carbocycles. The zero-order valence-corrected chi connectivity index (χ0v) is 14.2. The van der Waals surface area contributed by atoms with Gasteiger partial charge in [0, 0.05) is 56.0 Å². The molecule has 0 saturated carbocycles. The summed E-state index contributed by atoms with van der Waals surface area (Å²) in [6, 6.07) is 16.2. The molecule has 0 N–H and O–H groups in total. The molecule has 122 valence electrons. The van der Waals surface area contributed by atoms with Crippen LogP contribution in [0.15, 0.2) is 54.7 Å². The van der Waals surface area contributed by atoms with E-state index in [9.17, 15) is 0 Å². The Morgan fingerprint density at radius 1 is 0.917 bits per heavy atom. The highest BCUT2D eigenvalue weighted by Crippen LogP contribution is 2.24. The van der Waals surface area contributed by atoms with Gasteiger partial charge in [-0.3, -0.25) is 9.88 Å². The molecule has 1 aliphatic rings. The Kier molecular flexibility index (Phi) is 4.49. The van der Waals surface area contributed by atoms with Crippen molar-refractivity contribution in [3.05, 3.63) is 60.4 Å². The molecule has 4 rings (SSSR count). The van der Waals surface area contributed by atoms with Crippen LogP contribution >= 0.6 is 11.5 Å². The van der Waals surface area contributed by atoms with Crippen molar-refractivity contribution in [2.45, 2.75) is 6.54 Å². The molecule has 1 fully saturated rings. The minimum absolute atomic E-state index is 0.825. The van der Waals surface area contributed by atoms with Crippen LogP contribution in [0.2, 0.25) is 0 Å². The van der Waals surface area contributed by atoms with Crippen molar-refractivity contribution >= 4 is 16.7 Å². The molecule has 6 heteroatoms. The third kappa shape index (κ3) is 3.44. The van der Waals surface area contributed by atoms with E-state index < -0.39 is 0 Å². The van der Waals surface area contributed by atoms with E-state index in [1.807, 2.05) is 36.5 Å². The van der Waals surface area contributed by atoms with E-state index in [2.05, 4.69) is 37.4 Å². The SMILES string of the molecule is c1ccc(-c2nsc(N3CCN(Cc4ccccn4)CC3)n2)cc1. The molecule has 1 saturated heterocycles. The molecule has 5 nitrogen and oxygen atoms in total. The number of aromatic nitrogens is 3. The number of pyridine rings is 1. The van der Waals surface area contributed by atoms with Gasteiger partial charge in [-0.2, -0.15) is 9.36 Å². The van der Waals surface area contributed by atoms with Gasteiger partial charge in [-0.15, -0.1) is 0 Å². The Bertz CT molecular complexity index is 766. The van der Waals surface area contributed by atoms with Crippen LogP contribution in [0.3, 0.4) is 0 Å². The van der Waals surface area contributed by atoms with Crippen molar-refractivity contribution in [3.8, 4) is 11.4 Å². The lowest BCUT2D eigenvalue weighted by molar-refractivity contribution is 0.247. The standard InChI is InChI=1S/C18H19N5S/c1-2-6-15(7-3-1)17-20-18(24-21-17)23-12-10-22(11-13-23)14-16-8-4-5-9-19-16/h1-9H,10-14H2. The first-order valence-electron chi connectivity index (χ1n) is 8.15. The fraction of sp³-hybridized carbons (Fsp3) is 0.278. The van der Waals surface area contributed by atoms with Crippen LogP contribution in [0.25, 0.3) is 11.4 Å². The van der Waals surface area contributed by atoms with Gasteiger partial charge in [-0.05, 0) is 12.1 Å². The second-order valence-corrected chi connectivity index (χ2v) is 6.58. The van der Waals surface area contributed by atoms with Crippen LogP contribution in [0.5, 0.6) is 0 Å². The minimum Gasteiger partial charge on any atom is -0.344 e.